The molecular formula is C12H16BrNO3S. The summed E-state index contributed by atoms with van der Waals surface area (Å²) >= 11 is 8.34. The Balaban J connectivity index is 2.45. The molecule has 0 heterocycles. The second-order valence-electron chi connectivity index (χ2n) is 3.46. The SMILES string of the molecule is COCCOCCOc1cc(Br)ccc1C(N)=S. The molecule has 0 saturated carbocycles. The van der Waals surface area contributed by atoms with Gasteiger partial charge < -0.3 is 19.9 Å². The number of rotatable bonds is 8. The summed E-state index contributed by atoms with van der Waals surface area (Å²) < 4.78 is 16.7. The van der Waals surface area contributed by atoms with Crippen LogP contribution in [0.2, 0.25) is 0 Å². The van der Waals surface area contributed by atoms with E-state index in [1.807, 2.05) is 18.2 Å². The molecule has 2 N–H and O–H groups in total. The second-order valence-corrected chi connectivity index (χ2v) is 4.81. The molecule has 0 aliphatic heterocycles. The topological polar surface area (TPSA) is 53.7 Å². The molecule has 0 aliphatic carbocycles. The fraction of sp³-hybridized carbons (Fsp3) is 0.417. The molecule has 1 aromatic carbocycles. The molecule has 4 nitrogen and oxygen atoms in total. The van der Waals surface area contributed by atoms with Crippen molar-refractivity contribution in [2.75, 3.05) is 33.5 Å². The summed E-state index contributed by atoms with van der Waals surface area (Å²) in [6, 6.07) is 5.54. The van der Waals surface area contributed by atoms with Crippen molar-refractivity contribution in [1.29, 1.82) is 0 Å². The quantitative estimate of drug-likeness (QED) is 0.583. The van der Waals surface area contributed by atoms with Crippen LogP contribution in [-0.2, 0) is 9.47 Å². The van der Waals surface area contributed by atoms with Crippen LogP contribution in [-0.4, -0.2) is 38.5 Å². The minimum absolute atomic E-state index is 0.317. The van der Waals surface area contributed by atoms with E-state index in [-0.39, 0.29) is 0 Å². The molecule has 0 radical (unpaired) electrons. The normalized spacial score (nSPS) is 10.3. The first-order valence-corrected chi connectivity index (χ1v) is 6.64. The van der Waals surface area contributed by atoms with Gasteiger partial charge in [-0.3, -0.25) is 0 Å². The Kier molecular flexibility index (Phi) is 7.19. The van der Waals surface area contributed by atoms with Crippen molar-refractivity contribution < 1.29 is 14.2 Å². The average molecular weight is 334 g/mol. The van der Waals surface area contributed by atoms with E-state index >= 15 is 0 Å². The van der Waals surface area contributed by atoms with Crippen LogP contribution in [0.4, 0.5) is 0 Å². The molecule has 0 fully saturated rings. The Hall–Kier alpha value is -0.690. The molecule has 100 valence electrons. The van der Waals surface area contributed by atoms with Gasteiger partial charge >= 0.3 is 0 Å². The largest absolute Gasteiger partial charge is 0.490 e. The number of ether oxygens (including phenoxy) is 3. The lowest BCUT2D eigenvalue weighted by Crippen LogP contribution is -2.14. The van der Waals surface area contributed by atoms with E-state index in [0.29, 0.717) is 37.2 Å². The number of hydrogen-bond acceptors (Lipinski definition) is 4. The van der Waals surface area contributed by atoms with Gasteiger partial charge in [-0.05, 0) is 18.2 Å². The van der Waals surface area contributed by atoms with Gasteiger partial charge in [0.2, 0.25) is 0 Å². The molecule has 0 saturated heterocycles. The summed E-state index contributed by atoms with van der Waals surface area (Å²) in [5.74, 6) is 0.659. The minimum atomic E-state index is 0.317. The molecule has 0 spiro atoms. The smallest absolute Gasteiger partial charge is 0.130 e. The van der Waals surface area contributed by atoms with Gasteiger partial charge in [0.15, 0.2) is 0 Å². The monoisotopic (exact) mass is 333 g/mol. The van der Waals surface area contributed by atoms with Crippen LogP contribution in [0.3, 0.4) is 0 Å². The van der Waals surface area contributed by atoms with Crippen LogP contribution < -0.4 is 10.5 Å². The van der Waals surface area contributed by atoms with E-state index in [4.69, 9.17) is 32.2 Å². The van der Waals surface area contributed by atoms with Crippen molar-refractivity contribution in [1.82, 2.24) is 0 Å². The van der Waals surface area contributed by atoms with Gasteiger partial charge in [-0.2, -0.15) is 0 Å². The first kappa shape index (κ1) is 15.4. The molecule has 0 amide bonds. The van der Waals surface area contributed by atoms with Crippen molar-refractivity contribution in [2.45, 2.75) is 0 Å². The highest BCUT2D eigenvalue weighted by Crippen LogP contribution is 2.23. The zero-order valence-corrected chi connectivity index (χ0v) is 12.6. The van der Waals surface area contributed by atoms with Crippen molar-refractivity contribution in [3.8, 4) is 5.75 Å². The number of nitrogens with two attached hydrogens (primary N) is 1. The van der Waals surface area contributed by atoms with Gasteiger partial charge in [0.05, 0.1) is 25.4 Å². The van der Waals surface area contributed by atoms with Crippen LogP contribution in [0.5, 0.6) is 5.75 Å². The van der Waals surface area contributed by atoms with E-state index in [9.17, 15) is 0 Å². The molecule has 0 unspecified atom stereocenters. The molecule has 0 atom stereocenters. The van der Waals surface area contributed by atoms with Crippen LogP contribution >= 0.6 is 28.1 Å². The number of hydrogen-bond donors (Lipinski definition) is 1. The highest BCUT2D eigenvalue weighted by Gasteiger charge is 2.07. The molecule has 0 aliphatic rings. The third kappa shape index (κ3) is 5.30. The maximum Gasteiger partial charge on any atom is 0.130 e. The van der Waals surface area contributed by atoms with Crippen molar-refractivity contribution in [3.63, 3.8) is 0 Å². The summed E-state index contributed by atoms with van der Waals surface area (Å²) in [5, 5.41) is 0. The number of thiocarbonyl (C=S) groups is 1. The predicted octanol–water partition coefficient (Wildman–Crippen LogP) is 2.13. The van der Waals surface area contributed by atoms with E-state index in [2.05, 4.69) is 15.9 Å². The average Bonchev–Trinajstić information content (AvgIpc) is 2.33. The minimum Gasteiger partial charge on any atom is -0.490 e. The van der Waals surface area contributed by atoms with E-state index in [0.717, 1.165) is 10.0 Å². The van der Waals surface area contributed by atoms with E-state index < -0.39 is 0 Å². The molecular weight excluding hydrogens is 318 g/mol. The Morgan fingerprint density at radius 2 is 2.00 bits per heavy atom. The molecule has 0 bridgehead atoms. The van der Waals surface area contributed by atoms with Crippen LogP contribution in [0.15, 0.2) is 22.7 Å². The van der Waals surface area contributed by atoms with Crippen molar-refractivity contribution >= 4 is 33.1 Å². The van der Waals surface area contributed by atoms with Gasteiger partial charge in [-0.1, -0.05) is 28.1 Å². The van der Waals surface area contributed by atoms with Gasteiger partial charge in [-0.25, -0.2) is 0 Å². The molecule has 6 heteroatoms. The first-order chi connectivity index (χ1) is 8.65. The van der Waals surface area contributed by atoms with E-state index in [1.165, 1.54) is 0 Å². The Morgan fingerprint density at radius 1 is 1.28 bits per heavy atom. The summed E-state index contributed by atoms with van der Waals surface area (Å²) in [7, 11) is 1.63. The van der Waals surface area contributed by atoms with E-state index in [1.54, 1.807) is 7.11 Å². The third-order valence-electron chi connectivity index (χ3n) is 2.13. The zero-order chi connectivity index (χ0) is 13.4. The van der Waals surface area contributed by atoms with Crippen LogP contribution in [0.1, 0.15) is 5.56 Å². The lowest BCUT2D eigenvalue weighted by atomic mass is 10.2. The fourth-order valence-corrected chi connectivity index (χ4v) is 1.78. The number of methoxy groups -OCH3 is 1. The molecule has 1 rings (SSSR count). The number of halogens is 1. The zero-order valence-electron chi connectivity index (χ0n) is 10.1. The standard InChI is InChI=1S/C12H16BrNO3S/c1-15-4-5-16-6-7-17-11-8-9(13)2-3-10(11)12(14)18/h2-3,8H,4-7H2,1H3,(H2,14,18). The maximum atomic E-state index is 5.62. The van der Waals surface area contributed by atoms with Gasteiger partial charge in [0.1, 0.15) is 17.3 Å². The van der Waals surface area contributed by atoms with Crippen molar-refractivity contribution in [2.24, 2.45) is 5.73 Å². The third-order valence-corrected chi connectivity index (χ3v) is 2.84. The maximum absolute atomic E-state index is 5.62. The highest BCUT2D eigenvalue weighted by molar-refractivity contribution is 9.10. The first-order valence-electron chi connectivity index (χ1n) is 5.44. The number of benzene rings is 1. The van der Waals surface area contributed by atoms with Gasteiger partial charge in [-0.15, -0.1) is 0 Å². The summed E-state index contributed by atoms with van der Waals surface area (Å²) in [6.45, 7) is 2.07. The predicted molar refractivity (Wildman–Crippen MR) is 78.2 cm³/mol. The Labute approximate surface area is 121 Å². The molecule has 18 heavy (non-hydrogen) atoms. The molecule has 1 aromatic rings. The lowest BCUT2D eigenvalue weighted by molar-refractivity contribution is 0.0544. The second kappa shape index (κ2) is 8.42. The highest BCUT2D eigenvalue weighted by atomic mass is 79.9. The van der Waals surface area contributed by atoms with Crippen molar-refractivity contribution in [3.05, 3.63) is 28.2 Å². The lowest BCUT2D eigenvalue weighted by Gasteiger charge is -2.11. The van der Waals surface area contributed by atoms with Gasteiger partial charge in [0.25, 0.3) is 0 Å². The summed E-state index contributed by atoms with van der Waals surface area (Å²) in [4.78, 5) is 0.317. The van der Waals surface area contributed by atoms with Crippen LogP contribution in [0, 0.1) is 0 Å². The van der Waals surface area contributed by atoms with Crippen LogP contribution in [0.25, 0.3) is 0 Å². The van der Waals surface area contributed by atoms with Gasteiger partial charge in [0, 0.05) is 11.6 Å². The fourth-order valence-electron chi connectivity index (χ4n) is 1.27. The summed E-state index contributed by atoms with van der Waals surface area (Å²) in [5.41, 5.74) is 6.35. The molecule has 0 aromatic heterocycles. The Morgan fingerprint density at radius 3 is 2.67 bits per heavy atom. The summed E-state index contributed by atoms with van der Waals surface area (Å²) in [6.07, 6.45) is 0. The Bertz CT molecular complexity index is 401.